The molecule has 1 atom stereocenters. The van der Waals surface area contributed by atoms with Crippen LogP contribution < -0.4 is 5.56 Å². The average Bonchev–Trinajstić information content (AvgIpc) is 3.55. The molecule has 222 valence electrons. The number of H-pyrrole nitrogens is 1. The standard InChI is InChI=1S/C27H30F3N9O3/c1-5-7-21(42-26(41)37(4)11-10-36(2)3)39-22-23(33-20(13-31)34-25(22)40)35-24(39)18-14-32-38(16-18)15-17-8-6-9-19(12-17)27(28,29)30/h6,8-9,12,14,16,21H,5,7,10-11,15H2,1-4H3,(H,33,34,40). The molecule has 0 aliphatic carbocycles. The summed E-state index contributed by atoms with van der Waals surface area (Å²) in [5, 5.41) is 13.6. The Morgan fingerprint density at radius 2 is 1.98 bits per heavy atom. The number of hydrogen-bond donors (Lipinski definition) is 1. The number of aromatic nitrogens is 6. The quantitative estimate of drug-likeness (QED) is 0.296. The lowest BCUT2D eigenvalue weighted by atomic mass is 10.1. The third kappa shape index (κ3) is 6.77. The van der Waals surface area contributed by atoms with Crippen LogP contribution in [-0.4, -0.2) is 79.4 Å². The van der Waals surface area contributed by atoms with Gasteiger partial charge >= 0.3 is 12.3 Å². The zero-order chi connectivity index (χ0) is 30.6. The van der Waals surface area contributed by atoms with Crippen LogP contribution in [0.25, 0.3) is 22.6 Å². The highest BCUT2D eigenvalue weighted by Gasteiger charge is 2.31. The lowest BCUT2D eigenvalue weighted by molar-refractivity contribution is -0.137. The third-order valence-electron chi connectivity index (χ3n) is 6.41. The Balaban J connectivity index is 1.76. The highest BCUT2D eigenvalue weighted by atomic mass is 19.4. The van der Waals surface area contributed by atoms with Gasteiger partial charge in [-0.1, -0.05) is 25.5 Å². The van der Waals surface area contributed by atoms with Crippen molar-refractivity contribution in [3.8, 4) is 17.5 Å². The number of alkyl halides is 3. The van der Waals surface area contributed by atoms with Crippen molar-refractivity contribution < 1.29 is 22.7 Å². The molecule has 0 aliphatic heterocycles. The fourth-order valence-electron chi connectivity index (χ4n) is 4.28. The Labute approximate surface area is 239 Å². The summed E-state index contributed by atoms with van der Waals surface area (Å²) in [6.45, 7) is 2.93. The summed E-state index contributed by atoms with van der Waals surface area (Å²) in [6.07, 6.45) is -2.15. The number of fused-ring (bicyclic) bond motifs is 1. The van der Waals surface area contributed by atoms with Gasteiger partial charge in [0.25, 0.3) is 5.56 Å². The predicted molar refractivity (Wildman–Crippen MR) is 146 cm³/mol. The van der Waals surface area contributed by atoms with Crippen molar-refractivity contribution in [2.24, 2.45) is 0 Å². The van der Waals surface area contributed by atoms with Crippen LogP contribution in [-0.2, 0) is 17.5 Å². The zero-order valence-corrected chi connectivity index (χ0v) is 23.5. The number of amides is 1. The summed E-state index contributed by atoms with van der Waals surface area (Å²) in [4.78, 5) is 40.5. The predicted octanol–water partition coefficient (Wildman–Crippen LogP) is 3.85. The van der Waals surface area contributed by atoms with Gasteiger partial charge in [0.15, 0.2) is 17.4 Å². The fourth-order valence-corrected chi connectivity index (χ4v) is 4.28. The number of carbonyl (C=O) groups excluding carboxylic acids is 1. The second-order valence-electron chi connectivity index (χ2n) is 9.98. The number of halogens is 3. The van der Waals surface area contributed by atoms with E-state index >= 15 is 0 Å². The minimum atomic E-state index is -4.48. The first-order valence-electron chi connectivity index (χ1n) is 13.1. The van der Waals surface area contributed by atoms with Gasteiger partial charge in [-0.25, -0.2) is 9.78 Å². The van der Waals surface area contributed by atoms with Crippen molar-refractivity contribution in [2.75, 3.05) is 34.2 Å². The number of likely N-dealkylation sites (N-methyl/N-ethyl adjacent to an activating group) is 2. The molecule has 1 aromatic carbocycles. The maximum Gasteiger partial charge on any atom is 0.416 e. The largest absolute Gasteiger partial charge is 0.425 e. The van der Waals surface area contributed by atoms with Crippen LogP contribution in [0.4, 0.5) is 18.0 Å². The Morgan fingerprint density at radius 1 is 1.21 bits per heavy atom. The highest BCUT2D eigenvalue weighted by Crippen LogP contribution is 2.31. The molecule has 1 amide bonds. The van der Waals surface area contributed by atoms with Gasteiger partial charge < -0.3 is 14.5 Å². The van der Waals surface area contributed by atoms with Gasteiger partial charge in [-0.2, -0.15) is 28.5 Å². The first kappa shape index (κ1) is 30.3. The number of ether oxygens (including phenoxy) is 1. The summed E-state index contributed by atoms with van der Waals surface area (Å²) in [6, 6.07) is 6.72. The van der Waals surface area contributed by atoms with E-state index in [1.807, 2.05) is 25.9 Å². The number of imidazole rings is 1. The first-order chi connectivity index (χ1) is 19.9. The first-order valence-corrected chi connectivity index (χ1v) is 13.1. The van der Waals surface area contributed by atoms with Crippen molar-refractivity contribution in [3.05, 3.63) is 64.0 Å². The van der Waals surface area contributed by atoms with Crippen LogP contribution in [0.1, 0.15) is 42.9 Å². The molecule has 1 N–H and O–H groups in total. The maximum absolute atomic E-state index is 13.2. The number of rotatable bonds is 10. The molecular formula is C27H30F3N9O3. The van der Waals surface area contributed by atoms with Gasteiger partial charge in [-0.3, -0.25) is 19.0 Å². The van der Waals surface area contributed by atoms with Crippen molar-refractivity contribution in [2.45, 2.75) is 38.7 Å². The maximum atomic E-state index is 13.2. The Kier molecular flexibility index (Phi) is 8.96. The molecule has 0 radical (unpaired) electrons. The molecule has 4 aromatic rings. The van der Waals surface area contributed by atoms with Crippen molar-refractivity contribution in [3.63, 3.8) is 0 Å². The fraction of sp³-hybridized carbons (Fsp3) is 0.407. The highest BCUT2D eigenvalue weighted by molar-refractivity contribution is 5.77. The van der Waals surface area contributed by atoms with Crippen LogP contribution in [0.15, 0.2) is 41.5 Å². The number of carbonyl (C=O) groups is 1. The number of benzene rings is 1. The molecule has 15 heteroatoms. The minimum Gasteiger partial charge on any atom is -0.425 e. The Hall–Kier alpha value is -4.71. The van der Waals surface area contributed by atoms with Crippen LogP contribution in [0, 0.1) is 11.3 Å². The van der Waals surface area contributed by atoms with Crippen LogP contribution in [0.5, 0.6) is 0 Å². The molecule has 0 spiro atoms. The molecule has 0 aliphatic rings. The van der Waals surface area contributed by atoms with Crippen molar-refractivity contribution in [1.29, 1.82) is 5.26 Å². The van der Waals surface area contributed by atoms with Gasteiger partial charge in [0.05, 0.1) is 23.9 Å². The molecule has 0 fully saturated rings. The molecule has 3 heterocycles. The summed E-state index contributed by atoms with van der Waals surface area (Å²) in [5.41, 5.74) is -0.678. The molecule has 3 aromatic heterocycles. The van der Waals surface area contributed by atoms with Crippen molar-refractivity contribution >= 4 is 17.3 Å². The molecule has 0 saturated heterocycles. The minimum absolute atomic E-state index is 0.00294. The van der Waals surface area contributed by atoms with Gasteiger partial charge in [0.1, 0.15) is 11.9 Å². The molecule has 1 unspecified atom stereocenters. The summed E-state index contributed by atoms with van der Waals surface area (Å²) in [7, 11) is 5.36. The van der Waals surface area contributed by atoms with Crippen LogP contribution in [0.2, 0.25) is 0 Å². The van der Waals surface area contributed by atoms with Gasteiger partial charge in [0.2, 0.25) is 5.82 Å². The van der Waals surface area contributed by atoms with E-state index in [-0.39, 0.29) is 29.4 Å². The number of hydrogen-bond acceptors (Lipinski definition) is 8. The van der Waals surface area contributed by atoms with E-state index in [9.17, 15) is 28.0 Å². The normalized spacial score (nSPS) is 12.5. The Bertz CT molecular complexity index is 1670. The van der Waals surface area contributed by atoms with Gasteiger partial charge in [-0.15, -0.1) is 0 Å². The van der Waals surface area contributed by atoms with E-state index in [0.717, 1.165) is 12.1 Å². The van der Waals surface area contributed by atoms with Crippen LogP contribution in [0.3, 0.4) is 0 Å². The summed E-state index contributed by atoms with van der Waals surface area (Å²) < 4.78 is 48.3. The Morgan fingerprint density at radius 3 is 2.64 bits per heavy atom. The summed E-state index contributed by atoms with van der Waals surface area (Å²) in [5.74, 6) is -0.0491. The smallest absolute Gasteiger partial charge is 0.416 e. The van der Waals surface area contributed by atoms with Crippen LogP contribution >= 0.6 is 0 Å². The second-order valence-corrected chi connectivity index (χ2v) is 9.98. The SMILES string of the molecule is CCCC(OC(=O)N(C)CCN(C)C)n1c(-c2cnn(Cc3cccc(C(F)(F)F)c3)c2)nc2nc(C#N)[nH]c(=O)c21. The third-order valence-corrected chi connectivity index (χ3v) is 6.41. The van der Waals surface area contributed by atoms with E-state index in [4.69, 9.17) is 4.74 Å². The number of nitrogens with zero attached hydrogens (tertiary/aromatic N) is 8. The lowest BCUT2D eigenvalue weighted by Crippen LogP contribution is -2.35. The molecular weight excluding hydrogens is 555 g/mol. The number of nitriles is 1. The average molecular weight is 586 g/mol. The lowest BCUT2D eigenvalue weighted by Gasteiger charge is -2.25. The van der Waals surface area contributed by atoms with Crippen molar-refractivity contribution in [1.82, 2.24) is 39.1 Å². The second kappa shape index (κ2) is 12.4. The van der Waals surface area contributed by atoms with Gasteiger partial charge in [0, 0.05) is 32.8 Å². The van der Waals surface area contributed by atoms with E-state index in [1.165, 1.54) is 26.4 Å². The van der Waals surface area contributed by atoms with Gasteiger partial charge in [-0.05, 0) is 31.8 Å². The number of aromatic amines is 1. The molecule has 0 saturated carbocycles. The molecule has 12 nitrogen and oxygen atoms in total. The topological polar surface area (TPSA) is 138 Å². The van der Waals surface area contributed by atoms with E-state index in [2.05, 4.69) is 20.1 Å². The molecule has 42 heavy (non-hydrogen) atoms. The zero-order valence-electron chi connectivity index (χ0n) is 23.5. The monoisotopic (exact) mass is 585 g/mol. The van der Waals surface area contributed by atoms with E-state index < -0.39 is 29.6 Å². The summed E-state index contributed by atoms with van der Waals surface area (Å²) >= 11 is 0. The molecule has 0 bridgehead atoms. The number of nitrogens with one attached hydrogen (secondary N) is 1. The van der Waals surface area contributed by atoms with E-state index in [0.29, 0.717) is 37.1 Å². The molecule has 4 rings (SSSR count). The van der Waals surface area contributed by atoms with E-state index in [1.54, 1.807) is 25.4 Å².